The van der Waals surface area contributed by atoms with Crippen molar-refractivity contribution >= 4 is 0 Å². The Hall–Kier alpha value is -3.30. The van der Waals surface area contributed by atoms with Crippen LogP contribution < -0.4 is 0 Å². The third kappa shape index (κ3) is 4.57. The van der Waals surface area contributed by atoms with E-state index in [-0.39, 0.29) is 0 Å². The monoisotopic (exact) mass is 405 g/mol. The third-order valence-electron chi connectivity index (χ3n) is 5.97. The lowest BCUT2D eigenvalue weighted by atomic mass is 9.97. The highest BCUT2D eigenvalue weighted by atomic mass is 15.1. The molecule has 0 saturated heterocycles. The predicted molar refractivity (Wildman–Crippen MR) is 126 cm³/mol. The zero-order valence-corrected chi connectivity index (χ0v) is 18.0. The number of hydrogen-bond donors (Lipinski definition) is 0. The highest BCUT2D eigenvalue weighted by molar-refractivity contribution is 5.64. The molecule has 3 heteroatoms. The lowest BCUT2D eigenvalue weighted by Crippen LogP contribution is -2.31. The van der Waals surface area contributed by atoms with Crippen molar-refractivity contribution in [3.63, 3.8) is 0 Å². The normalized spacial score (nSPS) is 13.7. The van der Waals surface area contributed by atoms with E-state index in [1.54, 1.807) is 0 Å². The minimum Gasteiger partial charge on any atom is -0.293 e. The zero-order valence-electron chi connectivity index (χ0n) is 18.0. The van der Waals surface area contributed by atoms with Crippen LogP contribution in [-0.2, 0) is 25.9 Å². The fourth-order valence-electron chi connectivity index (χ4n) is 4.32. The molecular formula is C28H27N3. The first-order valence-electron chi connectivity index (χ1n) is 11.0. The first-order chi connectivity index (χ1) is 15.2. The molecule has 5 rings (SSSR count). The topological polar surface area (TPSA) is 29.0 Å². The molecule has 0 saturated carbocycles. The molecule has 0 atom stereocenters. The Kier molecular flexibility index (Phi) is 5.59. The zero-order chi connectivity index (χ0) is 21.0. The van der Waals surface area contributed by atoms with Crippen molar-refractivity contribution in [2.24, 2.45) is 0 Å². The Morgan fingerprint density at radius 2 is 1.45 bits per heavy atom. The van der Waals surface area contributed by atoms with Crippen molar-refractivity contribution < 1.29 is 0 Å². The average molecular weight is 406 g/mol. The number of aromatic nitrogens is 2. The van der Waals surface area contributed by atoms with Crippen LogP contribution >= 0.6 is 0 Å². The van der Waals surface area contributed by atoms with Crippen LogP contribution in [0.15, 0.2) is 84.9 Å². The Bertz CT molecular complexity index is 1150. The molecule has 1 aliphatic heterocycles. The molecule has 0 aliphatic carbocycles. The molecule has 0 unspecified atom stereocenters. The quantitative estimate of drug-likeness (QED) is 0.433. The molecule has 0 fully saturated rings. The molecule has 31 heavy (non-hydrogen) atoms. The van der Waals surface area contributed by atoms with Gasteiger partial charge in [-0.2, -0.15) is 0 Å². The van der Waals surface area contributed by atoms with Gasteiger partial charge in [-0.15, -0.1) is 0 Å². The second kappa shape index (κ2) is 8.83. The number of fused-ring (bicyclic) bond motifs is 1. The van der Waals surface area contributed by atoms with Gasteiger partial charge in [-0.3, -0.25) is 4.90 Å². The Morgan fingerprint density at radius 1 is 0.774 bits per heavy atom. The molecule has 0 radical (unpaired) electrons. The summed E-state index contributed by atoms with van der Waals surface area (Å²) in [6.45, 7) is 4.98. The summed E-state index contributed by atoms with van der Waals surface area (Å²) in [6.07, 6.45) is 1.74. The molecule has 1 aliphatic rings. The number of hydrogen-bond acceptors (Lipinski definition) is 3. The van der Waals surface area contributed by atoms with Crippen LogP contribution in [0.3, 0.4) is 0 Å². The van der Waals surface area contributed by atoms with E-state index in [1.807, 2.05) is 0 Å². The molecule has 0 N–H and O–H groups in total. The fraction of sp³-hybridized carbons (Fsp3) is 0.214. The van der Waals surface area contributed by atoms with E-state index < -0.39 is 0 Å². The standard InChI is InChI=1S/C28H27N3/c1-21-12-14-24(15-13-21)28-25-16-17-31(19-23-10-6-3-7-11-23)20-26(25)29-27(30-28)18-22-8-4-2-5-9-22/h2-15H,16-20H2,1H3. The third-order valence-corrected chi connectivity index (χ3v) is 5.97. The average Bonchev–Trinajstić information content (AvgIpc) is 2.80. The number of benzene rings is 3. The first kappa shape index (κ1) is 19.7. The van der Waals surface area contributed by atoms with Crippen molar-refractivity contribution in [1.29, 1.82) is 0 Å². The predicted octanol–water partition coefficient (Wildman–Crippen LogP) is 5.60. The summed E-state index contributed by atoms with van der Waals surface area (Å²) < 4.78 is 0. The summed E-state index contributed by atoms with van der Waals surface area (Å²) >= 11 is 0. The van der Waals surface area contributed by atoms with Crippen molar-refractivity contribution in [1.82, 2.24) is 14.9 Å². The molecule has 3 aromatic carbocycles. The second-order valence-corrected chi connectivity index (χ2v) is 8.39. The molecule has 154 valence electrons. The number of nitrogens with zero attached hydrogens (tertiary/aromatic N) is 3. The van der Waals surface area contributed by atoms with E-state index in [2.05, 4.69) is 96.8 Å². The molecule has 0 spiro atoms. The van der Waals surface area contributed by atoms with Crippen LogP contribution in [-0.4, -0.2) is 21.4 Å². The smallest absolute Gasteiger partial charge is 0.133 e. The van der Waals surface area contributed by atoms with Gasteiger partial charge in [-0.1, -0.05) is 90.5 Å². The van der Waals surface area contributed by atoms with E-state index >= 15 is 0 Å². The minimum absolute atomic E-state index is 0.756. The van der Waals surface area contributed by atoms with Gasteiger partial charge in [-0.05, 0) is 24.5 Å². The van der Waals surface area contributed by atoms with Crippen LogP contribution in [0, 0.1) is 6.92 Å². The molecule has 2 heterocycles. The van der Waals surface area contributed by atoms with Gasteiger partial charge in [0.15, 0.2) is 0 Å². The minimum atomic E-state index is 0.756. The van der Waals surface area contributed by atoms with Gasteiger partial charge in [0.05, 0.1) is 11.4 Å². The van der Waals surface area contributed by atoms with Crippen LogP contribution in [0.25, 0.3) is 11.3 Å². The van der Waals surface area contributed by atoms with Gasteiger partial charge in [0.2, 0.25) is 0 Å². The Balaban J connectivity index is 1.50. The summed E-state index contributed by atoms with van der Waals surface area (Å²) in [6, 6.07) is 30.0. The highest BCUT2D eigenvalue weighted by Gasteiger charge is 2.23. The highest BCUT2D eigenvalue weighted by Crippen LogP contribution is 2.29. The van der Waals surface area contributed by atoms with E-state index in [0.717, 1.165) is 44.0 Å². The van der Waals surface area contributed by atoms with Gasteiger partial charge in [0, 0.05) is 37.2 Å². The summed E-state index contributed by atoms with van der Waals surface area (Å²) in [7, 11) is 0. The SMILES string of the molecule is Cc1ccc(-c2nc(Cc3ccccc3)nc3c2CCN(Cc2ccccc2)C3)cc1. The number of aryl methyl sites for hydroxylation is 1. The van der Waals surface area contributed by atoms with E-state index in [9.17, 15) is 0 Å². The Morgan fingerprint density at radius 3 is 2.16 bits per heavy atom. The summed E-state index contributed by atoms with van der Waals surface area (Å²) in [5.74, 6) is 0.905. The lowest BCUT2D eigenvalue weighted by Gasteiger charge is -2.29. The van der Waals surface area contributed by atoms with Gasteiger partial charge >= 0.3 is 0 Å². The molecule has 3 nitrogen and oxygen atoms in total. The van der Waals surface area contributed by atoms with Crippen LogP contribution in [0.5, 0.6) is 0 Å². The van der Waals surface area contributed by atoms with Crippen LogP contribution in [0.2, 0.25) is 0 Å². The maximum Gasteiger partial charge on any atom is 0.133 e. The Labute approximate surface area is 184 Å². The van der Waals surface area contributed by atoms with Gasteiger partial charge < -0.3 is 0 Å². The van der Waals surface area contributed by atoms with Crippen molar-refractivity contribution in [3.05, 3.63) is 119 Å². The molecule has 4 aromatic rings. The molecule has 0 bridgehead atoms. The lowest BCUT2D eigenvalue weighted by molar-refractivity contribution is 0.241. The van der Waals surface area contributed by atoms with Gasteiger partial charge in [0.1, 0.15) is 5.82 Å². The first-order valence-corrected chi connectivity index (χ1v) is 11.0. The van der Waals surface area contributed by atoms with Crippen molar-refractivity contribution in [2.45, 2.75) is 32.9 Å². The van der Waals surface area contributed by atoms with Crippen molar-refractivity contribution in [3.8, 4) is 11.3 Å². The maximum absolute atomic E-state index is 5.06. The second-order valence-electron chi connectivity index (χ2n) is 8.39. The summed E-state index contributed by atoms with van der Waals surface area (Å²) in [4.78, 5) is 12.6. The fourth-order valence-corrected chi connectivity index (χ4v) is 4.32. The summed E-state index contributed by atoms with van der Waals surface area (Å²) in [5.41, 5.74) is 8.65. The van der Waals surface area contributed by atoms with Crippen molar-refractivity contribution in [2.75, 3.05) is 6.54 Å². The van der Waals surface area contributed by atoms with Gasteiger partial charge in [-0.25, -0.2) is 9.97 Å². The molecule has 0 amide bonds. The molecular weight excluding hydrogens is 378 g/mol. The largest absolute Gasteiger partial charge is 0.293 e. The summed E-state index contributed by atoms with van der Waals surface area (Å²) in [5, 5.41) is 0. The van der Waals surface area contributed by atoms with E-state index in [4.69, 9.17) is 9.97 Å². The molecule has 1 aromatic heterocycles. The van der Waals surface area contributed by atoms with E-state index in [0.29, 0.717) is 0 Å². The van der Waals surface area contributed by atoms with Crippen LogP contribution in [0.4, 0.5) is 0 Å². The number of rotatable bonds is 5. The van der Waals surface area contributed by atoms with E-state index in [1.165, 1.54) is 33.5 Å². The van der Waals surface area contributed by atoms with Crippen LogP contribution in [0.1, 0.15) is 33.8 Å². The van der Waals surface area contributed by atoms with Gasteiger partial charge in [0.25, 0.3) is 0 Å². The maximum atomic E-state index is 5.06.